The number of carbonyl (C=O) groups is 4. The number of likely N-dealkylation sites (tertiary alicyclic amines) is 1. The molecule has 1 saturated heterocycles. The molecule has 10 heteroatoms. The molecule has 0 bridgehead atoms. The molecule has 2 saturated carbocycles. The summed E-state index contributed by atoms with van der Waals surface area (Å²) < 4.78 is 5.45. The summed E-state index contributed by atoms with van der Waals surface area (Å²) in [6, 6.07) is 5.76. The molecule has 1 aliphatic heterocycles. The highest BCUT2D eigenvalue weighted by Gasteiger charge is 2.50. The van der Waals surface area contributed by atoms with Crippen LogP contribution in [0.1, 0.15) is 66.1 Å². The molecular formula is C29H33N5O5. The highest BCUT2D eigenvalue weighted by atomic mass is 16.5. The molecule has 39 heavy (non-hydrogen) atoms. The number of nitrogens with one attached hydrogen (secondary N) is 3. The van der Waals surface area contributed by atoms with Crippen LogP contribution in [-0.4, -0.2) is 69.0 Å². The Morgan fingerprint density at radius 2 is 2.08 bits per heavy atom. The minimum Gasteiger partial charge on any atom is -0.496 e. The van der Waals surface area contributed by atoms with Gasteiger partial charge in [0.15, 0.2) is 5.82 Å². The molecule has 2 aliphatic carbocycles. The SMILES string of the molecule is COc1cccc2[nH]c(C(=O)N3CC4CCCC4C3C(=O)NC(CC3CCCC3=O)C(=O)c3ncc[nH]3)cc12. The Bertz CT molecular complexity index is 1410. The van der Waals surface area contributed by atoms with Crippen LogP contribution in [0.5, 0.6) is 5.75 Å². The molecule has 5 atom stereocenters. The molecule has 0 spiro atoms. The van der Waals surface area contributed by atoms with E-state index in [0.29, 0.717) is 30.8 Å². The number of ketones is 2. The zero-order valence-electron chi connectivity index (χ0n) is 21.9. The van der Waals surface area contributed by atoms with Gasteiger partial charge in [-0.05, 0) is 62.1 Å². The van der Waals surface area contributed by atoms with E-state index in [1.807, 2.05) is 18.2 Å². The molecule has 3 aliphatic rings. The second-order valence-corrected chi connectivity index (χ2v) is 11.0. The highest BCUT2D eigenvalue weighted by Crippen LogP contribution is 2.43. The quantitative estimate of drug-likeness (QED) is 0.382. The number of benzene rings is 1. The lowest BCUT2D eigenvalue weighted by atomic mass is 9.91. The first-order valence-electron chi connectivity index (χ1n) is 13.8. The van der Waals surface area contributed by atoms with Gasteiger partial charge < -0.3 is 24.9 Å². The number of aromatic nitrogens is 3. The number of imidazole rings is 1. The van der Waals surface area contributed by atoms with Crippen molar-refractivity contribution in [3.63, 3.8) is 0 Å². The summed E-state index contributed by atoms with van der Waals surface area (Å²) in [5.74, 6) is -0.00832. The van der Waals surface area contributed by atoms with Crippen molar-refractivity contribution in [3.05, 3.63) is 48.2 Å². The summed E-state index contributed by atoms with van der Waals surface area (Å²) in [6.45, 7) is 0.492. The molecule has 3 aromatic rings. The Kier molecular flexibility index (Phi) is 6.70. The number of rotatable bonds is 8. The number of amides is 2. The van der Waals surface area contributed by atoms with Gasteiger partial charge in [-0.3, -0.25) is 19.2 Å². The molecule has 3 heterocycles. The second-order valence-electron chi connectivity index (χ2n) is 11.0. The average molecular weight is 532 g/mol. The zero-order chi connectivity index (χ0) is 27.1. The third-order valence-electron chi connectivity index (χ3n) is 8.81. The monoisotopic (exact) mass is 531 g/mol. The predicted octanol–water partition coefficient (Wildman–Crippen LogP) is 3.27. The number of H-pyrrole nitrogens is 2. The third kappa shape index (κ3) is 4.62. The van der Waals surface area contributed by atoms with E-state index in [-0.39, 0.29) is 53.4 Å². The first-order chi connectivity index (χ1) is 18.9. The van der Waals surface area contributed by atoms with Crippen molar-refractivity contribution >= 4 is 34.3 Å². The van der Waals surface area contributed by atoms with E-state index < -0.39 is 12.1 Å². The van der Waals surface area contributed by atoms with Gasteiger partial charge >= 0.3 is 0 Å². The minimum atomic E-state index is -0.898. The fourth-order valence-corrected chi connectivity index (χ4v) is 6.90. The first kappa shape index (κ1) is 25.3. The van der Waals surface area contributed by atoms with E-state index in [0.717, 1.165) is 36.6 Å². The Labute approximate surface area is 225 Å². The molecule has 6 rings (SSSR count). The number of fused-ring (bicyclic) bond motifs is 2. The molecule has 2 aromatic heterocycles. The average Bonchev–Trinajstić information content (AvgIpc) is 3.75. The van der Waals surface area contributed by atoms with Crippen molar-refractivity contribution in [1.29, 1.82) is 0 Å². The van der Waals surface area contributed by atoms with Gasteiger partial charge in [-0.15, -0.1) is 0 Å². The van der Waals surface area contributed by atoms with Gasteiger partial charge in [0.2, 0.25) is 11.7 Å². The zero-order valence-corrected chi connectivity index (χ0v) is 21.9. The van der Waals surface area contributed by atoms with E-state index in [2.05, 4.69) is 20.3 Å². The minimum absolute atomic E-state index is 0.0281. The summed E-state index contributed by atoms with van der Waals surface area (Å²) in [4.78, 5) is 65.3. The van der Waals surface area contributed by atoms with Crippen molar-refractivity contribution in [2.75, 3.05) is 13.7 Å². The first-order valence-corrected chi connectivity index (χ1v) is 13.8. The third-order valence-corrected chi connectivity index (χ3v) is 8.81. The van der Waals surface area contributed by atoms with Crippen molar-refractivity contribution < 1.29 is 23.9 Å². The number of hydrogen-bond donors (Lipinski definition) is 3. The number of aromatic amines is 2. The van der Waals surface area contributed by atoms with Crippen molar-refractivity contribution in [2.45, 2.75) is 57.0 Å². The summed E-state index contributed by atoms with van der Waals surface area (Å²) in [7, 11) is 1.59. The molecule has 10 nitrogen and oxygen atoms in total. The van der Waals surface area contributed by atoms with Crippen LogP contribution in [0.15, 0.2) is 36.7 Å². The van der Waals surface area contributed by atoms with Crippen LogP contribution in [0, 0.1) is 17.8 Å². The van der Waals surface area contributed by atoms with Crippen LogP contribution < -0.4 is 10.1 Å². The molecule has 1 aromatic carbocycles. The molecule has 3 N–H and O–H groups in total. The van der Waals surface area contributed by atoms with Crippen LogP contribution in [0.3, 0.4) is 0 Å². The van der Waals surface area contributed by atoms with Crippen LogP contribution in [0.4, 0.5) is 0 Å². The number of methoxy groups -OCH3 is 1. The Morgan fingerprint density at radius 3 is 2.82 bits per heavy atom. The molecule has 3 fully saturated rings. The predicted molar refractivity (Wildman–Crippen MR) is 142 cm³/mol. The molecule has 2 amide bonds. The second kappa shape index (κ2) is 10.3. The summed E-state index contributed by atoms with van der Waals surface area (Å²) in [5, 5.41) is 3.76. The van der Waals surface area contributed by atoms with E-state index in [1.54, 1.807) is 24.3 Å². The number of carbonyl (C=O) groups excluding carboxylic acids is 4. The van der Waals surface area contributed by atoms with Crippen molar-refractivity contribution in [2.24, 2.45) is 17.8 Å². The molecule has 204 valence electrons. The lowest BCUT2D eigenvalue weighted by Gasteiger charge is -2.29. The fraction of sp³-hybridized carbons (Fsp3) is 0.483. The smallest absolute Gasteiger partial charge is 0.271 e. The Morgan fingerprint density at radius 1 is 1.21 bits per heavy atom. The van der Waals surface area contributed by atoms with E-state index in [1.165, 1.54) is 6.20 Å². The maximum Gasteiger partial charge on any atom is 0.271 e. The summed E-state index contributed by atoms with van der Waals surface area (Å²) in [5.41, 5.74) is 1.18. The van der Waals surface area contributed by atoms with Crippen LogP contribution in [0.2, 0.25) is 0 Å². The summed E-state index contributed by atoms with van der Waals surface area (Å²) >= 11 is 0. The van der Waals surface area contributed by atoms with Crippen molar-refractivity contribution in [3.8, 4) is 5.75 Å². The normalized spacial score (nSPS) is 25.2. The number of hydrogen-bond acceptors (Lipinski definition) is 6. The van der Waals surface area contributed by atoms with Gasteiger partial charge in [-0.25, -0.2) is 4.98 Å². The largest absolute Gasteiger partial charge is 0.496 e. The van der Waals surface area contributed by atoms with Crippen LogP contribution in [-0.2, 0) is 9.59 Å². The van der Waals surface area contributed by atoms with Crippen LogP contribution >= 0.6 is 0 Å². The maximum atomic E-state index is 13.9. The molecular weight excluding hydrogens is 498 g/mol. The standard InChI is InChI=1S/C29H33N5O5/c1-39-24-10-4-8-20-19(24)14-22(32-20)29(38)34-15-17-6-2-7-18(17)25(34)28(37)33-21(13-16-5-3-9-23(16)35)26(36)27-30-11-12-31-27/h4,8,10-12,14,16-18,21,25,32H,2-3,5-7,9,13,15H2,1H3,(H,30,31)(H,33,37). The maximum absolute atomic E-state index is 13.9. The van der Waals surface area contributed by atoms with Gasteiger partial charge in [-0.1, -0.05) is 12.5 Å². The number of ether oxygens (including phenoxy) is 1. The lowest BCUT2D eigenvalue weighted by Crippen LogP contribution is -2.53. The number of Topliss-reactive ketones (excluding diaryl/α,β-unsaturated/α-hetero) is 2. The Balaban J connectivity index is 1.28. The number of nitrogens with zero attached hydrogens (tertiary/aromatic N) is 2. The Hall–Kier alpha value is -3.95. The molecule has 5 unspecified atom stereocenters. The van der Waals surface area contributed by atoms with Gasteiger partial charge in [0.25, 0.3) is 5.91 Å². The van der Waals surface area contributed by atoms with E-state index in [4.69, 9.17) is 4.74 Å². The van der Waals surface area contributed by atoms with E-state index >= 15 is 0 Å². The van der Waals surface area contributed by atoms with Gasteiger partial charge in [0.05, 0.1) is 13.2 Å². The topological polar surface area (TPSA) is 137 Å². The van der Waals surface area contributed by atoms with Gasteiger partial charge in [0, 0.05) is 42.2 Å². The van der Waals surface area contributed by atoms with Gasteiger partial charge in [0.1, 0.15) is 23.3 Å². The van der Waals surface area contributed by atoms with Crippen molar-refractivity contribution in [1.82, 2.24) is 25.2 Å². The van der Waals surface area contributed by atoms with Crippen LogP contribution in [0.25, 0.3) is 10.9 Å². The molecule has 0 radical (unpaired) electrons. The summed E-state index contributed by atoms with van der Waals surface area (Å²) in [6.07, 6.45) is 8.11. The van der Waals surface area contributed by atoms with Gasteiger partial charge in [-0.2, -0.15) is 0 Å². The fourth-order valence-electron chi connectivity index (χ4n) is 6.90. The van der Waals surface area contributed by atoms with E-state index in [9.17, 15) is 19.2 Å². The lowest BCUT2D eigenvalue weighted by molar-refractivity contribution is -0.127. The highest BCUT2D eigenvalue weighted by molar-refractivity contribution is 6.03.